The molecule has 0 bridgehead atoms. The molecular formula is C18H24N4O5S2. The number of hydrogen-bond acceptors (Lipinski definition) is 5. The maximum Gasteiger partial charge on any atom is 0.243 e. The highest BCUT2D eigenvalue weighted by Crippen LogP contribution is 2.29. The summed E-state index contributed by atoms with van der Waals surface area (Å²) in [5.74, 6) is -0.330. The van der Waals surface area contributed by atoms with E-state index >= 15 is 0 Å². The average Bonchev–Trinajstić information content (AvgIpc) is 3.14. The van der Waals surface area contributed by atoms with Crippen LogP contribution in [0.2, 0.25) is 0 Å². The zero-order valence-corrected chi connectivity index (χ0v) is 17.8. The van der Waals surface area contributed by atoms with Crippen molar-refractivity contribution in [3.63, 3.8) is 0 Å². The number of carbonyl (C=O) groups excluding carboxylic acids is 1. The molecule has 1 aliphatic carbocycles. The van der Waals surface area contributed by atoms with Gasteiger partial charge in [0.15, 0.2) is 0 Å². The van der Waals surface area contributed by atoms with E-state index in [4.69, 9.17) is 0 Å². The first-order valence-corrected chi connectivity index (χ1v) is 12.1. The van der Waals surface area contributed by atoms with Crippen LogP contribution in [-0.2, 0) is 37.8 Å². The van der Waals surface area contributed by atoms with E-state index in [2.05, 4.69) is 14.8 Å². The first-order chi connectivity index (χ1) is 13.7. The second kappa shape index (κ2) is 8.27. The first kappa shape index (κ1) is 21.5. The Morgan fingerprint density at radius 1 is 1.03 bits per heavy atom. The zero-order valence-electron chi connectivity index (χ0n) is 16.2. The highest BCUT2D eigenvalue weighted by Gasteiger charge is 2.28. The number of benzene rings is 1. The molecule has 158 valence electrons. The number of carbonyl (C=O) groups is 1. The Bertz CT molecular complexity index is 1070. The molecule has 3 N–H and O–H groups in total. The van der Waals surface area contributed by atoms with E-state index in [0.29, 0.717) is 0 Å². The van der Waals surface area contributed by atoms with Crippen LogP contribution in [0.1, 0.15) is 30.0 Å². The number of aryl methyl sites for hydroxylation is 1. The van der Waals surface area contributed by atoms with Gasteiger partial charge in [-0.15, -0.1) is 0 Å². The number of sulfonamides is 2. The van der Waals surface area contributed by atoms with Gasteiger partial charge >= 0.3 is 0 Å². The lowest BCUT2D eigenvalue weighted by atomic mass is 9.88. The summed E-state index contributed by atoms with van der Waals surface area (Å²) in [6.07, 6.45) is 5.03. The number of amides is 1. The van der Waals surface area contributed by atoms with Crippen LogP contribution >= 0.6 is 0 Å². The Balaban J connectivity index is 1.84. The van der Waals surface area contributed by atoms with Gasteiger partial charge in [-0.3, -0.25) is 4.79 Å². The number of nitrogens with one attached hydrogen (secondary N) is 3. The molecule has 0 unspecified atom stereocenters. The standard InChI is InChI=1S/C18H24N4O5S2/c1-19-28(24,25)16-10-22(11-17(16)29(26,27)20-2)12-18(23)21-15-9-5-7-13-6-3-4-8-14(13)15/h3-4,6,8,10-11,15,19-20H,5,7,9,12H2,1-2H3,(H,21,23)/t15-/m1/s1. The number of nitrogens with zero attached hydrogens (tertiary/aromatic N) is 1. The minimum Gasteiger partial charge on any atom is -0.348 e. The zero-order chi connectivity index (χ0) is 21.2. The van der Waals surface area contributed by atoms with Gasteiger partial charge in [0, 0.05) is 12.4 Å². The van der Waals surface area contributed by atoms with Crippen molar-refractivity contribution in [3.8, 4) is 0 Å². The number of fused-ring (bicyclic) bond motifs is 1. The molecule has 3 rings (SSSR count). The molecule has 1 aromatic carbocycles. The van der Waals surface area contributed by atoms with Crippen molar-refractivity contribution in [2.75, 3.05) is 14.1 Å². The second-order valence-electron chi connectivity index (χ2n) is 6.79. The highest BCUT2D eigenvalue weighted by molar-refractivity contribution is 7.92. The molecule has 29 heavy (non-hydrogen) atoms. The molecule has 0 spiro atoms. The third kappa shape index (κ3) is 4.53. The van der Waals surface area contributed by atoms with Crippen molar-refractivity contribution >= 4 is 26.0 Å². The van der Waals surface area contributed by atoms with Gasteiger partial charge in [-0.05, 0) is 44.5 Å². The fourth-order valence-electron chi connectivity index (χ4n) is 3.49. The molecule has 0 fully saturated rings. The Morgan fingerprint density at radius 3 is 2.21 bits per heavy atom. The molecule has 1 heterocycles. The van der Waals surface area contributed by atoms with Crippen LogP contribution in [0.15, 0.2) is 46.5 Å². The maximum atomic E-state index is 12.6. The van der Waals surface area contributed by atoms with Crippen LogP contribution in [0, 0.1) is 0 Å². The Hall–Kier alpha value is -2.21. The molecular weight excluding hydrogens is 416 g/mol. The van der Waals surface area contributed by atoms with Gasteiger partial charge in [0.2, 0.25) is 26.0 Å². The lowest BCUT2D eigenvalue weighted by Gasteiger charge is -2.26. The van der Waals surface area contributed by atoms with E-state index in [1.165, 1.54) is 24.2 Å². The summed E-state index contributed by atoms with van der Waals surface area (Å²) < 4.78 is 54.4. The predicted molar refractivity (Wildman–Crippen MR) is 107 cm³/mol. The van der Waals surface area contributed by atoms with Crippen molar-refractivity contribution in [2.45, 2.75) is 41.6 Å². The fourth-order valence-corrected chi connectivity index (χ4v) is 5.77. The topological polar surface area (TPSA) is 126 Å². The van der Waals surface area contributed by atoms with Crippen molar-refractivity contribution in [1.29, 1.82) is 0 Å². The molecule has 0 saturated heterocycles. The summed E-state index contributed by atoms with van der Waals surface area (Å²) in [7, 11) is -5.67. The minimum absolute atomic E-state index is 0.121. The van der Waals surface area contributed by atoms with Crippen molar-refractivity contribution in [3.05, 3.63) is 47.8 Å². The lowest BCUT2D eigenvalue weighted by Crippen LogP contribution is -2.33. The molecule has 0 radical (unpaired) electrons. The van der Waals surface area contributed by atoms with Crippen molar-refractivity contribution < 1.29 is 21.6 Å². The molecule has 1 aromatic heterocycles. The van der Waals surface area contributed by atoms with Gasteiger partial charge in [-0.25, -0.2) is 26.3 Å². The molecule has 1 atom stereocenters. The molecule has 9 nitrogen and oxygen atoms in total. The lowest BCUT2D eigenvalue weighted by molar-refractivity contribution is -0.122. The van der Waals surface area contributed by atoms with Gasteiger partial charge in [-0.1, -0.05) is 24.3 Å². The van der Waals surface area contributed by atoms with E-state index in [9.17, 15) is 21.6 Å². The summed E-state index contributed by atoms with van der Waals surface area (Å²) in [5.41, 5.74) is 2.28. The Labute approximate surface area is 170 Å². The summed E-state index contributed by atoms with van der Waals surface area (Å²) in [6, 6.07) is 7.81. The summed E-state index contributed by atoms with van der Waals surface area (Å²) in [5, 5.41) is 2.97. The number of rotatable bonds is 7. The fraction of sp³-hybridized carbons (Fsp3) is 0.389. The third-order valence-electron chi connectivity index (χ3n) is 4.96. The van der Waals surface area contributed by atoms with E-state index in [1.807, 2.05) is 24.3 Å². The van der Waals surface area contributed by atoms with E-state index in [1.54, 1.807) is 0 Å². The summed E-state index contributed by atoms with van der Waals surface area (Å²) >= 11 is 0. The van der Waals surface area contributed by atoms with Gasteiger partial charge in [0.05, 0.1) is 6.04 Å². The molecule has 0 aliphatic heterocycles. The Kier molecular flexibility index (Phi) is 6.13. The monoisotopic (exact) mass is 440 g/mol. The van der Waals surface area contributed by atoms with Crippen molar-refractivity contribution in [1.82, 2.24) is 19.3 Å². The van der Waals surface area contributed by atoms with Gasteiger partial charge in [0.1, 0.15) is 16.3 Å². The van der Waals surface area contributed by atoms with Crippen LogP contribution in [0.4, 0.5) is 0 Å². The molecule has 2 aromatic rings. The van der Waals surface area contributed by atoms with Crippen LogP contribution in [0.25, 0.3) is 0 Å². The van der Waals surface area contributed by atoms with Crippen LogP contribution in [-0.4, -0.2) is 41.4 Å². The highest BCUT2D eigenvalue weighted by atomic mass is 32.2. The van der Waals surface area contributed by atoms with Gasteiger partial charge < -0.3 is 9.88 Å². The Morgan fingerprint density at radius 2 is 1.62 bits per heavy atom. The predicted octanol–water partition coefficient (Wildman–Crippen LogP) is 0.498. The minimum atomic E-state index is -4.03. The number of aromatic nitrogens is 1. The van der Waals surface area contributed by atoms with Gasteiger partial charge in [-0.2, -0.15) is 0 Å². The summed E-state index contributed by atoms with van der Waals surface area (Å²) in [6.45, 7) is -0.204. The largest absolute Gasteiger partial charge is 0.348 e. The van der Waals surface area contributed by atoms with Crippen LogP contribution in [0.3, 0.4) is 0 Å². The van der Waals surface area contributed by atoms with Gasteiger partial charge in [0.25, 0.3) is 0 Å². The number of hydrogen-bond donors (Lipinski definition) is 3. The average molecular weight is 441 g/mol. The van der Waals surface area contributed by atoms with Crippen LogP contribution in [0.5, 0.6) is 0 Å². The maximum absolute atomic E-state index is 12.6. The summed E-state index contributed by atoms with van der Waals surface area (Å²) in [4.78, 5) is 11.8. The third-order valence-corrected chi connectivity index (χ3v) is 7.97. The molecule has 1 amide bonds. The van der Waals surface area contributed by atoms with E-state index in [-0.39, 0.29) is 18.5 Å². The quantitative estimate of drug-likeness (QED) is 0.578. The van der Waals surface area contributed by atoms with Crippen molar-refractivity contribution in [2.24, 2.45) is 0 Å². The van der Waals surface area contributed by atoms with Crippen LogP contribution < -0.4 is 14.8 Å². The normalized spacial score (nSPS) is 17.0. The van der Waals surface area contributed by atoms with E-state index in [0.717, 1.165) is 37.2 Å². The molecule has 0 saturated carbocycles. The SMILES string of the molecule is CNS(=O)(=O)c1cn(CC(=O)N[C@@H]2CCCc3ccccc32)cc1S(=O)(=O)NC. The molecule has 11 heteroatoms. The van der Waals surface area contributed by atoms with E-state index < -0.39 is 29.8 Å². The molecule has 1 aliphatic rings. The smallest absolute Gasteiger partial charge is 0.243 e. The first-order valence-electron chi connectivity index (χ1n) is 9.12. The second-order valence-corrected chi connectivity index (χ2v) is 10.5.